The van der Waals surface area contributed by atoms with E-state index in [-0.39, 0.29) is 24.4 Å². The van der Waals surface area contributed by atoms with Crippen molar-refractivity contribution in [1.29, 1.82) is 0 Å². The van der Waals surface area contributed by atoms with Crippen LogP contribution in [0.15, 0.2) is 36.5 Å². The predicted octanol–water partition coefficient (Wildman–Crippen LogP) is 3.09. The molecule has 1 fully saturated rings. The lowest BCUT2D eigenvalue weighted by molar-refractivity contribution is -0.133. The Labute approximate surface area is 178 Å². The number of amides is 2. The summed E-state index contributed by atoms with van der Waals surface area (Å²) in [7, 11) is 5.07. The molecular formula is C23H31N3O4. The van der Waals surface area contributed by atoms with Crippen LogP contribution < -0.4 is 9.47 Å². The van der Waals surface area contributed by atoms with Crippen molar-refractivity contribution >= 4 is 11.8 Å². The van der Waals surface area contributed by atoms with Crippen molar-refractivity contribution < 1.29 is 19.1 Å². The molecule has 1 saturated carbocycles. The van der Waals surface area contributed by atoms with E-state index in [0.717, 1.165) is 25.0 Å². The Morgan fingerprint density at radius 2 is 1.93 bits per heavy atom. The van der Waals surface area contributed by atoms with E-state index in [2.05, 4.69) is 0 Å². The molecule has 0 saturated heterocycles. The van der Waals surface area contributed by atoms with Crippen LogP contribution in [0, 0.1) is 0 Å². The van der Waals surface area contributed by atoms with Gasteiger partial charge in [0.05, 0.1) is 26.3 Å². The predicted molar refractivity (Wildman–Crippen MR) is 115 cm³/mol. The first-order valence-electron chi connectivity index (χ1n) is 10.4. The van der Waals surface area contributed by atoms with Crippen molar-refractivity contribution in [3.63, 3.8) is 0 Å². The van der Waals surface area contributed by atoms with Gasteiger partial charge in [0.25, 0.3) is 5.91 Å². The highest BCUT2D eigenvalue weighted by atomic mass is 16.5. The monoisotopic (exact) mass is 413 g/mol. The van der Waals surface area contributed by atoms with Gasteiger partial charge < -0.3 is 23.8 Å². The number of methoxy groups -OCH3 is 2. The lowest BCUT2D eigenvalue weighted by Gasteiger charge is -2.28. The molecule has 0 aliphatic heterocycles. The third kappa shape index (κ3) is 4.96. The second kappa shape index (κ2) is 9.69. The SMILES string of the molecule is CCCN(CC(=O)N(Cc1cccn1C)C1CC1)C(=O)c1ccc(OC)cc1OC. The number of nitrogens with zero attached hydrogens (tertiary/aromatic N) is 3. The van der Waals surface area contributed by atoms with Gasteiger partial charge in [-0.1, -0.05) is 6.92 Å². The average Bonchev–Trinajstić information content (AvgIpc) is 3.52. The Morgan fingerprint density at radius 1 is 1.17 bits per heavy atom. The molecule has 3 rings (SSSR count). The van der Waals surface area contributed by atoms with Gasteiger partial charge in [-0.2, -0.15) is 0 Å². The highest BCUT2D eigenvalue weighted by Gasteiger charge is 2.34. The first kappa shape index (κ1) is 21.7. The van der Waals surface area contributed by atoms with Gasteiger partial charge in [-0.15, -0.1) is 0 Å². The normalized spacial score (nSPS) is 13.1. The molecule has 7 heteroatoms. The molecule has 1 heterocycles. The van der Waals surface area contributed by atoms with Crippen molar-refractivity contribution in [3.8, 4) is 11.5 Å². The van der Waals surface area contributed by atoms with E-state index in [1.807, 2.05) is 41.8 Å². The van der Waals surface area contributed by atoms with Gasteiger partial charge >= 0.3 is 0 Å². The molecule has 2 aromatic rings. The third-order valence-corrected chi connectivity index (χ3v) is 5.44. The van der Waals surface area contributed by atoms with E-state index in [1.165, 1.54) is 7.11 Å². The van der Waals surface area contributed by atoms with Gasteiger partial charge in [0.15, 0.2) is 0 Å². The van der Waals surface area contributed by atoms with Crippen molar-refractivity contribution in [1.82, 2.24) is 14.4 Å². The Hall–Kier alpha value is -2.96. The topological polar surface area (TPSA) is 64.0 Å². The van der Waals surface area contributed by atoms with Crippen LogP contribution in [0.25, 0.3) is 0 Å². The first-order chi connectivity index (χ1) is 14.5. The molecule has 0 unspecified atom stereocenters. The first-order valence-corrected chi connectivity index (χ1v) is 10.4. The molecule has 0 radical (unpaired) electrons. The standard InChI is InChI=1S/C23H31N3O4/c1-5-12-25(23(28)20-11-10-19(29-3)14-21(20)30-4)16-22(27)26(17-8-9-17)15-18-7-6-13-24(18)2/h6-7,10-11,13-14,17H,5,8-9,12,15-16H2,1-4H3. The fraction of sp³-hybridized carbons (Fsp3) is 0.478. The van der Waals surface area contributed by atoms with E-state index < -0.39 is 0 Å². The number of aryl methyl sites for hydroxylation is 1. The van der Waals surface area contributed by atoms with Crippen LogP contribution in [0.2, 0.25) is 0 Å². The molecule has 30 heavy (non-hydrogen) atoms. The molecule has 0 atom stereocenters. The van der Waals surface area contributed by atoms with E-state index in [0.29, 0.717) is 30.2 Å². The molecular weight excluding hydrogens is 382 g/mol. The molecule has 1 aromatic carbocycles. The quantitative estimate of drug-likeness (QED) is 0.601. The maximum atomic E-state index is 13.3. The smallest absolute Gasteiger partial charge is 0.258 e. The number of carbonyl (C=O) groups excluding carboxylic acids is 2. The van der Waals surface area contributed by atoms with Crippen LogP contribution in [0.4, 0.5) is 0 Å². The van der Waals surface area contributed by atoms with Crippen molar-refractivity contribution in [2.24, 2.45) is 7.05 Å². The Balaban J connectivity index is 1.77. The number of hydrogen-bond acceptors (Lipinski definition) is 4. The Kier molecular flexibility index (Phi) is 7.03. The average molecular weight is 414 g/mol. The minimum absolute atomic E-state index is 0.0204. The van der Waals surface area contributed by atoms with Gasteiger partial charge in [0, 0.05) is 37.6 Å². The lowest BCUT2D eigenvalue weighted by atomic mass is 10.1. The number of aromatic nitrogens is 1. The highest BCUT2D eigenvalue weighted by Crippen LogP contribution is 2.29. The number of benzene rings is 1. The van der Waals surface area contributed by atoms with E-state index >= 15 is 0 Å². The van der Waals surface area contributed by atoms with Gasteiger partial charge in [0.2, 0.25) is 5.91 Å². The summed E-state index contributed by atoms with van der Waals surface area (Å²) >= 11 is 0. The summed E-state index contributed by atoms with van der Waals surface area (Å²) in [5.41, 5.74) is 1.51. The van der Waals surface area contributed by atoms with Crippen LogP contribution in [0.3, 0.4) is 0 Å². The molecule has 0 N–H and O–H groups in total. The summed E-state index contributed by atoms with van der Waals surface area (Å²) in [5, 5.41) is 0. The van der Waals surface area contributed by atoms with Crippen LogP contribution in [-0.4, -0.2) is 59.5 Å². The van der Waals surface area contributed by atoms with Crippen molar-refractivity contribution in [2.75, 3.05) is 27.3 Å². The summed E-state index contributed by atoms with van der Waals surface area (Å²) in [6.45, 7) is 3.12. The molecule has 0 spiro atoms. The minimum atomic E-state index is -0.209. The summed E-state index contributed by atoms with van der Waals surface area (Å²) in [5.74, 6) is 0.826. The van der Waals surface area contributed by atoms with Gasteiger partial charge in [0.1, 0.15) is 18.0 Å². The minimum Gasteiger partial charge on any atom is -0.497 e. The number of hydrogen-bond donors (Lipinski definition) is 0. The molecule has 0 bridgehead atoms. The fourth-order valence-electron chi connectivity index (χ4n) is 3.56. The van der Waals surface area contributed by atoms with Gasteiger partial charge in [-0.05, 0) is 43.5 Å². The van der Waals surface area contributed by atoms with Crippen LogP contribution in [0.1, 0.15) is 42.2 Å². The lowest BCUT2D eigenvalue weighted by Crippen LogP contribution is -2.44. The van der Waals surface area contributed by atoms with Gasteiger partial charge in [-0.25, -0.2) is 0 Å². The molecule has 1 aromatic heterocycles. The third-order valence-electron chi connectivity index (χ3n) is 5.44. The number of rotatable bonds is 10. The molecule has 7 nitrogen and oxygen atoms in total. The number of ether oxygens (including phenoxy) is 2. The van der Waals surface area contributed by atoms with Crippen molar-refractivity contribution in [2.45, 2.75) is 38.8 Å². The van der Waals surface area contributed by atoms with E-state index in [9.17, 15) is 9.59 Å². The summed E-state index contributed by atoms with van der Waals surface area (Å²) in [6.07, 6.45) is 4.78. The second-order valence-corrected chi connectivity index (χ2v) is 7.66. The maximum absolute atomic E-state index is 13.3. The van der Waals surface area contributed by atoms with Crippen LogP contribution in [-0.2, 0) is 18.4 Å². The maximum Gasteiger partial charge on any atom is 0.258 e. The summed E-state index contributed by atoms with van der Waals surface area (Å²) in [4.78, 5) is 30.0. The van der Waals surface area contributed by atoms with Crippen LogP contribution in [0.5, 0.6) is 11.5 Å². The van der Waals surface area contributed by atoms with Crippen LogP contribution >= 0.6 is 0 Å². The van der Waals surface area contributed by atoms with E-state index in [4.69, 9.17) is 9.47 Å². The Morgan fingerprint density at radius 3 is 2.50 bits per heavy atom. The van der Waals surface area contributed by atoms with Gasteiger partial charge in [-0.3, -0.25) is 9.59 Å². The molecule has 1 aliphatic rings. The number of carbonyl (C=O) groups is 2. The molecule has 162 valence electrons. The largest absolute Gasteiger partial charge is 0.497 e. The molecule has 1 aliphatic carbocycles. The van der Waals surface area contributed by atoms with Crippen molar-refractivity contribution in [3.05, 3.63) is 47.8 Å². The van der Waals surface area contributed by atoms with E-state index in [1.54, 1.807) is 30.2 Å². The summed E-state index contributed by atoms with van der Waals surface area (Å²) in [6, 6.07) is 9.38. The highest BCUT2D eigenvalue weighted by molar-refractivity contribution is 5.99. The summed E-state index contributed by atoms with van der Waals surface area (Å²) < 4.78 is 12.6. The molecule has 2 amide bonds. The fourth-order valence-corrected chi connectivity index (χ4v) is 3.56. The Bertz CT molecular complexity index is 888. The zero-order valence-corrected chi connectivity index (χ0v) is 18.3. The zero-order valence-electron chi connectivity index (χ0n) is 18.3. The zero-order chi connectivity index (χ0) is 21.7. The second-order valence-electron chi connectivity index (χ2n) is 7.66.